The van der Waals surface area contributed by atoms with Gasteiger partial charge in [-0.1, -0.05) is 32.0 Å². The third-order valence-electron chi connectivity index (χ3n) is 3.24. The van der Waals surface area contributed by atoms with Gasteiger partial charge in [0.15, 0.2) is 0 Å². The van der Waals surface area contributed by atoms with E-state index in [4.69, 9.17) is 0 Å². The molecule has 0 fully saturated rings. The number of para-hydroxylation sites is 1. The molecule has 4 heteroatoms. The van der Waals surface area contributed by atoms with E-state index in [-0.39, 0.29) is 5.92 Å². The van der Waals surface area contributed by atoms with Gasteiger partial charge in [0, 0.05) is 6.20 Å². The summed E-state index contributed by atoms with van der Waals surface area (Å²) in [7, 11) is 0. The molecule has 0 aliphatic carbocycles. The Labute approximate surface area is 119 Å². The summed E-state index contributed by atoms with van der Waals surface area (Å²) in [4.78, 5) is 11.3. The summed E-state index contributed by atoms with van der Waals surface area (Å²) < 4.78 is 1.78. The molecule has 0 amide bonds. The Morgan fingerprint density at radius 2 is 2.00 bits per heavy atom. The van der Waals surface area contributed by atoms with Gasteiger partial charge in [-0.25, -0.2) is 4.68 Å². The first-order chi connectivity index (χ1) is 9.56. The van der Waals surface area contributed by atoms with Crippen molar-refractivity contribution in [1.29, 1.82) is 0 Å². The van der Waals surface area contributed by atoms with Crippen molar-refractivity contribution < 1.29 is 9.90 Å². The van der Waals surface area contributed by atoms with E-state index >= 15 is 0 Å². The molecule has 0 bridgehead atoms. The van der Waals surface area contributed by atoms with Gasteiger partial charge in [-0.15, -0.1) is 0 Å². The number of carboxylic acids is 1. The predicted molar refractivity (Wildman–Crippen MR) is 77.8 cm³/mol. The minimum absolute atomic E-state index is 0.344. The lowest BCUT2D eigenvalue weighted by Gasteiger charge is -2.13. The first-order valence-electron chi connectivity index (χ1n) is 6.88. The minimum Gasteiger partial charge on any atom is -0.481 e. The lowest BCUT2D eigenvalue weighted by Crippen LogP contribution is -2.18. The van der Waals surface area contributed by atoms with Crippen LogP contribution < -0.4 is 0 Å². The van der Waals surface area contributed by atoms with Gasteiger partial charge in [0.1, 0.15) is 0 Å². The molecule has 1 aromatic heterocycles. The van der Waals surface area contributed by atoms with E-state index in [2.05, 4.69) is 5.10 Å². The van der Waals surface area contributed by atoms with E-state index in [9.17, 15) is 9.90 Å². The monoisotopic (exact) mass is 272 g/mol. The van der Waals surface area contributed by atoms with Gasteiger partial charge in [-0.3, -0.25) is 4.79 Å². The van der Waals surface area contributed by atoms with Gasteiger partial charge < -0.3 is 5.11 Å². The van der Waals surface area contributed by atoms with Crippen LogP contribution in [0.2, 0.25) is 0 Å². The number of carboxylic acid groups (broad SMARTS) is 1. The van der Waals surface area contributed by atoms with E-state index in [1.54, 1.807) is 10.9 Å². The van der Waals surface area contributed by atoms with Crippen molar-refractivity contribution >= 4 is 5.97 Å². The molecule has 1 unspecified atom stereocenters. The molecule has 0 radical (unpaired) electrons. The number of hydrogen-bond donors (Lipinski definition) is 1. The first kappa shape index (κ1) is 14.3. The summed E-state index contributed by atoms with van der Waals surface area (Å²) in [6.07, 6.45) is 4.88. The zero-order valence-electron chi connectivity index (χ0n) is 11.9. The number of rotatable bonds is 6. The summed E-state index contributed by atoms with van der Waals surface area (Å²) in [6.45, 7) is 4.09. The predicted octanol–water partition coefficient (Wildman–Crippen LogP) is 3.16. The highest BCUT2D eigenvalue weighted by Crippen LogP contribution is 2.18. The van der Waals surface area contributed by atoms with Crippen LogP contribution in [0.4, 0.5) is 0 Å². The largest absolute Gasteiger partial charge is 0.481 e. The van der Waals surface area contributed by atoms with Crippen LogP contribution in [0.3, 0.4) is 0 Å². The standard InChI is InChI=1S/C16H20N2O2/c1-12(2)8-14(16(19)20)9-13-10-17-18(11-13)15-6-4-3-5-7-15/h3-7,10-12,14H,8-9H2,1-2H3,(H,19,20). The van der Waals surface area contributed by atoms with Crippen molar-refractivity contribution in [3.8, 4) is 5.69 Å². The molecule has 0 aliphatic heterocycles. The molecule has 1 N–H and O–H groups in total. The van der Waals surface area contributed by atoms with Crippen LogP contribution in [0.15, 0.2) is 42.7 Å². The number of nitrogens with zero attached hydrogens (tertiary/aromatic N) is 2. The van der Waals surface area contributed by atoms with Crippen LogP contribution >= 0.6 is 0 Å². The van der Waals surface area contributed by atoms with Crippen LogP contribution in [0.25, 0.3) is 5.69 Å². The Morgan fingerprint density at radius 3 is 2.60 bits per heavy atom. The van der Waals surface area contributed by atoms with Gasteiger partial charge in [0.05, 0.1) is 17.8 Å². The highest BCUT2D eigenvalue weighted by molar-refractivity contribution is 5.70. The van der Waals surface area contributed by atoms with Crippen molar-refractivity contribution in [2.24, 2.45) is 11.8 Å². The highest BCUT2D eigenvalue weighted by atomic mass is 16.4. The number of aliphatic carboxylic acids is 1. The molecule has 106 valence electrons. The topological polar surface area (TPSA) is 55.1 Å². The molecule has 0 spiro atoms. The highest BCUT2D eigenvalue weighted by Gasteiger charge is 2.20. The lowest BCUT2D eigenvalue weighted by atomic mass is 9.92. The normalized spacial score (nSPS) is 12.6. The Hall–Kier alpha value is -2.10. The smallest absolute Gasteiger partial charge is 0.306 e. The second-order valence-corrected chi connectivity index (χ2v) is 5.50. The summed E-state index contributed by atoms with van der Waals surface area (Å²) in [5.74, 6) is -0.699. The fraction of sp³-hybridized carbons (Fsp3) is 0.375. The maximum atomic E-state index is 11.3. The van der Waals surface area contributed by atoms with Crippen molar-refractivity contribution in [2.45, 2.75) is 26.7 Å². The number of carbonyl (C=O) groups is 1. The Kier molecular flexibility index (Phi) is 4.56. The molecule has 1 heterocycles. The molecule has 0 saturated heterocycles. The Bertz CT molecular complexity index is 561. The zero-order chi connectivity index (χ0) is 14.5. The molecular formula is C16H20N2O2. The molecule has 20 heavy (non-hydrogen) atoms. The number of aromatic nitrogens is 2. The van der Waals surface area contributed by atoms with Crippen molar-refractivity contribution in [3.63, 3.8) is 0 Å². The summed E-state index contributed by atoms with van der Waals surface area (Å²) in [5, 5.41) is 13.6. The van der Waals surface area contributed by atoms with Crippen LogP contribution in [0, 0.1) is 11.8 Å². The van der Waals surface area contributed by atoms with Crippen molar-refractivity contribution in [2.75, 3.05) is 0 Å². The minimum atomic E-state index is -0.730. The second-order valence-electron chi connectivity index (χ2n) is 5.50. The van der Waals surface area contributed by atoms with Crippen LogP contribution in [0.5, 0.6) is 0 Å². The molecule has 2 rings (SSSR count). The number of benzene rings is 1. The number of hydrogen-bond acceptors (Lipinski definition) is 2. The average molecular weight is 272 g/mol. The van der Waals surface area contributed by atoms with Gasteiger partial charge in [-0.05, 0) is 36.5 Å². The summed E-state index contributed by atoms with van der Waals surface area (Å²) >= 11 is 0. The maximum absolute atomic E-state index is 11.3. The van der Waals surface area contributed by atoms with E-state index in [1.165, 1.54) is 0 Å². The fourth-order valence-electron chi connectivity index (χ4n) is 2.31. The third-order valence-corrected chi connectivity index (χ3v) is 3.24. The second kappa shape index (κ2) is 6.37. The van der Waals surface area contributed by atoms with Gasteiger partial charge in [0.2, 0.25) is 0 Å². The lowest BCUT2D eigenvalue weighted by molar-refractivity contribution is -0.142. The first-order valence-corrected chi connectivity index (χ1v) is 6.88. The average Bonchev–Trinajstić information content (AvgIpc) is 2.87. The third kappa shape index (κ3) is 3.70. The van der Waals surface area contributed by atoms with Gasteiger partial charge in [0.25, 0.3) is 0 Å². The summed E-state index contributed by atoms with van der Waals surface area (Å²) in [6, 6.07) is 9.81. The quantitative estimate of drug-likeness (QED) is 0.878. The van der Waals surface area contributed by atoms with E-state index in [0.717, 1.165) is 11.3 Å². The molecule has 1 atom stereocenters. The van der Waals surface area contributed by atoms with Crippen LogP contribution in [-0.2, 0) is 11.2 Å². The molecule has 2 aromatic rings. The SMILES string of the molecule is CC(C)CC(Cc1cnn(-c2ccccc2)c1)C(=O)O. The molecule has 1 aromatic carbocycles. The molecular weight excluding hydrogens is 252 g/mol. The van der Waals surface area contributed by atoms with Gasteiger partial charge >= 0.3 is 5.97 Å². The Balaban J connectivity index is 2.10. The van der Waals surface area contributed by atoms with Crippen LogP contribution in [0.1, 0.15) is 25.8 Å². The molecule has 0 saturated carbocycles. The summed E-state index contributed by atoms with van der Waals surface area (Å²) in [5.41, 5.74) is 1.94. The van der Waals surface area contributed by atoms with Crippen molar-refractivity contribution in [3.05, 3.63) is 48.3 Å². The maximum Gasteiger partial charge on any atom is 0.306 e. The fourth-order valence-corrected chi connectivity index (χ4v) is 2.31. The van der Waals surface area contributed by atoms with E-state index < -0.39 is 5.97 Å². The molecule has 0 aliphatic rings. The molecule has 4 nitrogen and oxygen atoms in total. The zero-order valence-corrected chi connectivity index (χ0v) is 11.9. The van der Waals surface area contributed by atoms with Crippen LogP contribution in [-0.4, -0.2) is 20.9 Å². The van der Waals surface area contributed by atoms with E-state index in [1.807, 2.05) is 50.4 Å². The van der Waals surface area contributed by atoms with Crippen molar-refractivity contribution in [1.82, 2.24) is 9.78 Å². The van der Waals surface area contributed by atoms with E-state index in [0.29, 0.717) is 18.8 Å². The van der Waals surface area contributed by atoms with Gasteiger partial charge in [-0.2, -0.15) is 5.10 Å². The Morgan fingerprint density at radius 1 is 1.30 bits per heavy atom.